The van der Waals surface area contributed by atoms with E-state index in [1.165, 1.54) is 6.92 Å². The molecule has 0 amide bonds. The van der Waals surface area contributed by atoms with Crippen molar-refractivity contribution in [1.29, 1.82) is 0 Å². The smallest absolute Gasteiger partial charge is 0.350 e. The minimum absolute atomic E-state index is 0.0586. The summed E-state index contributed by atoms with van der Waals surface area (Å²) in [5, 5.41) is 0. The van der Waals surface area contributed by atoms with Crippen LogP contribution in [0.3, 0.4) is 0 Å². The lowest BCUT2D eigenvalue weighted by molar-refractivity contribution is -0.185. The molecule has 0 N–H and O–H groups in total. The fourth-order valence-electron chi connectivity index (χ4n) is 4.12. The Morgan fingerprint density at radius 2 is 2.15 bits per heavy atom. The van der Waals surface area contributed by atoms with Gasteiger partial charge in [-0.2, -0.15) is 0 Å². The Balaban J connectivity index is 1.94. The van der Waals surface area contributed by atoms with E-state index in [0.29, 0.717) is 5.57 Å². The van der Waals surface area contributed by atoms with E-state index < -0.39 is 23.5 Å². The molecule has 3 aliphatic rings. The number of carbonyl (C=O) groups excluding carboxylic acids is 3. The van der Waals surface area contributed by atoms with Crippen LogP contribution in [0.25, 0.3) is 0 Å². The summed E-state index contributed by atoms with van der Waals surface area (Å²) in [6.07, 6.45) is 4.49. The van der Waals surface area contributed by atoms with E-state index in [1.54, 1.807) is 26.8 Å². The summed E-state index contributed by atoms with van der Waals surface area (Å²) in [7, 11) is 0. The molecule has 3 rings (SSSR count). The highest BCUT2D eigenvalue weighted by Crippen LogP contribution is 2.35. The predicted molar refractivity (Wildman–Crippen MR) is 96.6 cm³/mol. The minimum Gasteiger partial charge on any atom is -0.458 e. The highest BCUT2D eigenvalue weighted by molar-refractivity contribution is 5.89. The van der Waals surface area contributed by atoms with Crippen molar-refractivity contribution in [3.63, 3.8) is 0 Å². The lowest BCUT2D eigenvalue weighted by Gasteiger charge is -2.34. The first kappa shape index (κ1) is 19.6. The molecule has 3 heterocycles. The van der Waals surface area contributed by atoms with Crippen molar-refractivity contribution in [2.24, 2.45) is 5.92 Å². The van der Waals surface area contributed by atoms with Crippen LogP contribution in [0.1, 0.15) is 40.5 Å². The molecule has 0 aliphatic carbocycles. The lowest BCUT2D eigenvalue weighted by Crippen LogP contribution is -2.48. The van der Waals surface area contributed by atoms with Crippen LogP contribution in [0.5, 0.6) is 0 Å². The first-order chi connectivity index (χ1) is 12.8. The fourth-order valence-corrected chi connectivity index (χ4v) is 4.12. The van der Waals surface area contributed by atoms with E-state index >= 15 is 0 Å². The Hall–Kier alpha value is -2.15. The van der Waals surface area contributed by atoms with Crippen LogP contribution < -0.4 is 0 Å². The molecular weight excluding hydrogens is 350 g/mol. The quantitative estimate of drug-likeness (QED) is 0.298. The molecule has 0 radical (unpaired) electrons. The maximum Gasteiger partial charge on any atom is 0.350 e. The number of hydrogen-bond donors (Lipinski definition) is 0. The molecular formula is C20H27NO6. The highest BCUT2D eigenvalue weighted by atomic mass is 16.6. The van der Waals surface area contributed by atoms with E-state index in [4.69, 9.17) is 14.2 Å². The van der Waals surface area contributed by atoms with Gasteiger partial charge >= 0.3 is 17.9 Å². The zero-order valence-corrected chi connectivity index (χ0v) is 16.3. The van der Waals surface area contributed by atoms with Crippen LogP contribution in [-0.4, -0.2) is 60.3 Å². The third kappa shape index (κ3) is 3.65. The summed E-state index contributed by atoms with van der Waals surface area (Å²) in [6, 6.07) is -0.0586. The molecule has 148 valence electrons. The molecule has 2 saturated heterocycles. The molecule has 0 aromatic carbocycles. The van der Waals surface area contributed by atoms with Crippen LogP contribution in [0.2, 0.25) is 0 Å². The van der Waals surface area contributed by atoms with Gasteiger partial charge in [0.25, 0.3) is 0 Å². The number of carbonyl (C=O) groups is 3. The van der Waals surface area contributed by atoms with E-state index in [-0.39, 0.29) is 31.1 Å². The molecule has 4 atom stereocenters. The van der Waals surface area contributed by atoms with E-state index in [2.05, 4.69) is 4.90 Å². The number of esters is 3. The molecule has 0 saturated carbocycles. The molecule has 0 aromatic rings. The van der Waals surface area contributed by atoms with Crippen molar-refractivity contribution >= 4 is 17.9 Å². The van der Waals surface area contributed by atoms with Crippen molar-refractivity contribution in [2.45, 2.75) is 58.3 Å². The third-order valence-electron chi connectivity index (χ3n) is 5.88. The zero-order chi connectivity index (χ0) is 19.8. The standard InChI is InChI=1S/C20H27NO6/c1-5-14-10-12(2)20(4,27-13(3)22)19(24)25-11-15-6-8-21-9-7-16(17(15)21)26-18(14)23/h5-6,12,16-17H,7-11H2,1-4H3/t12-,16-,17-,20-/m1/s1. The van der Waals surface area contributed by atoms with Crippen LogP contribution in [0.4, 0.5) is 0 Å². The van der Waals surface area contributed by atoms with Gasteiger partial charge in [-0.25, -0.2) is 9.59 Å². The van der Waals surface area contributed by atoms with Gasteiger partial charge in [-0.05, 0) is 32.3 Å². The van der Waals surface area contributed by atoms with Gasteiger partial charge in [0.2, 0.25) is 5.60 Å². The van der Waals surface area contributed by atoms with Gasteiger partial charge in [0.1, 0.15) is 12.7 Å². The van der Waals surface area contributed by atoms with Gasteiger partial charge in [-0.15, -0.1) is 0 Å². The monoisotopic (exact) mass is 377 g/mol. The van der Waals surface area contributed by atoms with Gasteiger partial charge in [-0.1, -0.05) is 19.1 Å². The summed E-state index contributed by atoms with van der Waals surface area (Å²) < 4.78 is 16.8. The lowest BCUT2D eigenvalue weighted by atomic mass is 9.84. The van der Waals surface area contributed by atoms with Crippen LogP contribution in [0, 0.1) is 5.92 Å². The molecule has 0 spiro atoms. The first-order valence-corrected chi connectivity index (χ1v) is 9.42. The van der Waals surface area contributed by atoms with E-state index in [1.807, 2.05) is 6.08 Å². The molecule has 3 aliphatic heterocycles. The van der Waals surface area contributed by atoms with Gasteiger partial charge in [0.05, 0.1) is 6.04 Å². The Kier molecular flexibility index (Phi) is 5.42. The van der Waals surface area contributed by atoms with E-state index in [9.17, 15) is 14.4 Å². The van der Waals surface area contributed by atoms with Crippen molar-refractivity contribution < 1.29 is 28.6 Å². The maximum absolute atomic E-state index is 12.9. The number of allylic oxidation sites excluding steroid dienone is 1. The van der Waals surface area contributed by atoms with Gasteiger partial charge < -0.3 is 14.2 Å². The fraction of sp³-hybridized carbons (Fsp3) is 0.650. The molecule has 7 heteroatoms. The number of ether oxygens (including phenoxy) is 3. The minimum atomic E-state index is -1.48. The van der Waals surface area contributed by atoms with Crippen molar-refractivity contribution in [3.05, 3.63) is 23.3 Å². The summed E-state index contributed by atoms with van der Waals surface area (Å²) in [5.41, 5.74) is -0.0802. The average molecular weight is 377 g/mol. The van der Waals surface area contributed by atoms with Crippen molar-refractivity contribution in [3.8, 4) is 0 Å². The second-order valence-corrected chi connectivity index (χ2v) is 7.65. The molecule has 0 aromatic heterocycles. The van der Waals surface area contributed by atoms with Crippen LogP contribution in [0.15, 0.2) is 23.3 Å². The van der Waals surface area contributed by atoms with Crippen LogP contribution >= 0.6 is 0 Å². The Morgan fingerprint density at radius 3 is 2.81 bits per heavy atom. The first-order valence-electron chi connectivity index (χ1n) is 9.42. The summed E-state index contributed by atoms with van der Waals surface area (Å²) in [5.74, 6) is -1.99. The normalized spacial score (nSPS) is 36.2. The third-order valence-corrected chi connectivity index (χ3v) is 5.88. The SMILES string of the molecule is CC=C1C[C@@H](C)[C@@](C)(OC(C)=O)C(=O)OCC2=CCN3CC[C@@H](OC1=O)[C@@H]23. The van der Waals surface area contributed by atoms with Gasteiger partial charge in [0.15, 0.2) is 0 Å². The average Bonchev–Trinajstić information content (AvgIpc) is 3.18. The van der Waals surface area contributed by atoms with E-state index in [0.717, 1.165) is 25.1 Å². The zero-order valence-electron chi connectivity index (χ0n) is 16.3. The Bertz CT molecular complexity index is 711. The molecule has 0 bridgehead atoms. The van der Waals surface area contributed by atoms with Crippen molar-refractivity contribution in [1.82, 2.24) is 4.90 Å². The second-order valence-electron chi connectivity index (χ2n) is 7.65. The predicted octanol–water partition coefficient (Wildman–Crippen LogP) is 1.76. The molecule has 7 nitrogen and oxygen atoms in total. The Morgan fingerprint density at radius 1 is 1.41 bits per heavy atom. The van der Waals surface area contributed by atoms with Gasteiger partial charge in [-0.3, -0.25) is 9.69 Å². The number of rotatable bonds is 1. The largest absolute Gasteiger partial charge is 0.458 e. The summed E-state index contributed by atoms with van der Waals surface area (Å²) in [4.78, 5) is 39.5. The Labute approximate surface area is 159 Å². The van der Waals surface area contributed by atoms with Gasteiger partial charge in [0, 0.05) is 31.5 Å². The summed E-state index contributed by atoms with van der Waals surface area (Å²) >= 11 is 0. The highest BCUT2D eigenvalue weighted by Gasteiger charge is 2.47. The second kappa shape index (κ2) is 7.46. The number of cyclic esters (lactones) is 1. The number of nitrogens with zero attached hydrogens (tertiary/aromatic N) is 1. The molecule has 2 fully saturated rings. The molecule has 0 unspecified atom stereocenters. The van der Waals surface area contributed by atoms with Crippen LogP contribution in [-0.2, 0) is 28.6 Å². The molecule has 27 heavy (non-hydrogen) atoms. The maximum atomic E-state index is 12.9. The summed E-state index contributed by atoms with van der Waals surface area (Å²) in [6.45, 7) is 8.02. The van der Waals surface area contributed by atoms with Crippen molar-refractivity contribution in [2.75, 3.05) is 19.7 Å². The number of hydrogen-bond acceptors (Lipinski definition) is 7. The topological polar surface area (TPSA) is 82.1 Å².